The number of amides is 4. The first-order valence-corrected chi connectivity index (χ1v) is 9.29. The number of hydrogen-bond acceptors (Lipinski definition) is 3. The van der Waals surface area contributed by atoms with Gasteiger partial charge in [0.2, 0.25) is 5.91 Å². The van der Waals surface area contributed by atoms with Crippen molar-refractivity contribution < 1.29 is 14.4 Å². The van der Waals surface area contributed by atoms with E-state index in [1.54, 1.807) is 23.9 Å². The topological polar surface area (TPSA) is 60.9 Å². The lowest BCUT2D eigenvalue weighted by molar-refractivity contribution is -0.140. The van der Waals surface area contributed by atoms with Gasteiger partial charge in [-0.3, -0.25) is 14.5 Å². The summed E-state index contributed by atoms with van der Waals surface area (Å²) in [5.41, 5.74) is 0.280. The summed E-state index contributed by atoms with van der Waals surface area (Å²) >= 11 is 0. The molecule has 1 aromatic carbocycles. The molecule has 1 aliphatic heterocycles. The zero-order chi connectivity index (χ0) is 18.9. The number of nitrogens with zero attached hydrogens (tertiary/aromatic N) is 3. The molecule has 1 aromatic rings. The third-order valence-corrected chi connectivity index (χ3v) is 6.03. The van der Waals surface area contributed by atoms with Crippen molar-refractivity contribution in [3.63, 3.8) is 0 Å². The Morgan fingerprint density at radius 2 is 1.77 bits per heavy atom. The van der Waals surface area contributed by atoms with Crippen molar-refractivity contribution in [2.75, 3.05) is 20.6 Å². The van der Waals surface area contributed by atoms with Crippen LogP contribution in [0.5, 0.6) is 0 Å². The van der Waals surface area contributed by atoms with E-state index in [2.05, 4.69) is 0 Å². The molecule has 4 amide bonds. The van der Waals surface area contributed by atoms with E-state index in [1.807, 2.05) is 37.3 Å². The van der Waals surface area contributed by atoms with Gasteiger partial charge in [-0.25, -0.2) is 4.79 Å². The van der Waals surface area contributed by atoms with Crippen molar-refractivity contribution >= 4 is 17.8 Å². The maximum absolute atomic E-state index is 13.0. The molecule has 1 atom stereocenters. The van der Waals surface area contributed by atoms with E-state index in [1.165, 1.54) is 0 Å². The third-order valence-electron chi connectivity index (χ3n) is 6.03. The number of urea groups is 1. The minimum absolute atomic E-state index is 0.127. The van der Waals surface area contributed by atoms with Gasteiger partial charge in [-0.15, -0.1) is 0 Å². The van der Waals surface area contributed by atoms with Crippen molar-refractivity contribution in [2.24, 2.45) is 0 Å². The third kappa shape index (κ3) is 2.97. The second kappa shape index (κ2) is 7.09. The normalized spacial score (nSPS) is 20.6. The smallest absolute Gasteiger partial charge is 0.327 e. The lowest BCUT2D eigenvalue weighted by Crippen LogP contribution is -2.49. The van der Waals surface area contributed by atoms with Gasteiger partial charge in [0.05, 0.1) is 6.04 Å². The first-order valence-electron chi connectivity index (χ1n) is 9.29. The molecular formula is C20H27N3O3. The van der Waals surface area contributed by atoms with Crippen LogP contribution in [-0.4, -0.2) is 58.7 Å². The molecule has 0 unspecified atom stereocenters. The molecule has 0 aromatic heterocycles. The molecule has 0 radical (unpaired) electrons. The van der Waals surface area contributed by atoms with Crippen LogP contribution >= 0.6 is 0 Å². The Morgan fingerprint density at radius 3 is 2.38 bits per heavy atom. The van der Waals surface area contributed by atoms with Crippen LogP contribution < -0.4 is 0 Å². The number of rotatable bonds is 4. The molecule has 1 saturated carbocycles. The average Bonchev–Trinajstić information content (AvgIpc) is 2.84. The van der Waals surface area contributed by atoms with Crippen molar-refractivity contribution in [3.8, 4) is 0 Å². The van der Waals surface area contributed by atoms with Crippen molar-refractivity contribution in [1.29, 1.82) is 0 Å². The minimum Gasteiger partial charge on any atom is -0.337 e. The van der Waals surface area contributed by atoms with Gasteiger partial charge in [0.25, 0.3) is 5.91 Å². The Balaban J connectivity index is 1.72. The molecule has 2 aliphatic rings. The molecule has 0 bridgehead atoms. The molecule has 1 heterocycles. The highest BCUT2D eigenvalue weighted by Gasteiger charge is 2.55. The minimum atomic E-state index is -0.737. The highest BCUT2D eigenvalue weighted by molar-refractivity contribution is 6.08. The molecule has 2 fully saturated rings. The fourth-order valence-corrected chi connectivity index (χ4v) is 4.09. The number of imide groups is 1. The highest BCUT2D eigenvalue weighted by atomic mass is 16.2. The molecule has 6 heteroatoms. The quantitative estimate of drug-likeness (QED) is 0.779. The molecular weight excluding hydrogens is 330 g/mol. The highest BCUT2D eigenvalue weighted by Crippen LogP contribution is 2.39. The van der Waals surface area contributed by atoms with Crippen LogP contribution in [0.4, 0.5) is 4.79 Å². The number of hydrogen-bond donors (Lipinski definition) is 0. The molecule has 1 spiro atoms. The first-order chi connectivity index (χ1) is 12.4. The predicted molar refractivity (Wildman–Crippen MR) is 98.3 cm³/mol. The van der Waals surface area contributed by atoms with Gasteiger partial charge in [0.15, 0.2) is 0 Å². The second-order valence-corrected chi connectivity index (χ2v) is 7.42. The Kier molecular flexibility index (Phi) is 5.03. The maximum Gasteiger partial charge on any atom is 0.327 e. The summed E-state index contributed by atoms with van der Waals surface area (Å²) in [6.45, 7) is 1.74. The molecule has 6 nitrogen and oxygen atoms in total. The standard InChI is InChI=1S/C20H27N3O3/c1-15(16-10-6-4-7-11-16)21(2)17(24)14-23-18(25)20(22(3)19(23)26)12-8-5-9-13-20/h4,6-7,10-11,15H,5,8-9,12-14H2,1-3H3/t15-/m1/s1. The van der Waals surface area contributed by atoms with E-state index in [4.69, 9.17) is 0 Å². The summed E-state index contributed by atoms with van der Waals surface area (Å²) in [6.07, 6.45) is 4.35. The van der Waals surface area contributed by atoms with E-state index >= 15 is 0 Å². The largest absolute Gasteiger partial charge is 0.337 e. The Bertz CT molecular complexity index is 698. The van der Waals surface area contributed by atoms with Gasteiger partial charge in [0.1, 0.15) is 12.1 Å². The summed E-state index contributed by atoms with van der Waals surface area (Å²) in [5, 5.41) is 0. The first kappa shape index (κ1) is 18.4. The van der Waals surface area contributed by atoms with Crippen LogP contribution in [-0.2, 0) is 9.59 Å². The van der Waals surface area contributed by atoms with Crippen molar-refractivity contribution in [1.82, 2.24) is 14.7 Å². The molecule has 26 heavy (non-hydrogen) atoms. The van der Waals surface area contributed by atoms with Crippen LogP contribution in [0.3, 0.4) is 0 Å². The maximum atomic E-state index is 13.0. The summed E-state index contributed by atoms with van der Waals surface area (Å²) in [4.78, 5) is 42.7. The summed E-state index contributed by atoms with van der Waals surface area (Å²) < 4.78 is 0. The molecule has 140 valence electrons. The van der Waals surface area contributed by atoms with Crippen LogP contribution in [0.1, 0.15) is 50.6 Å². The van der Waals surface area contributed by atoms with Gasteiger partial charge < -0.3 is 9.80 Å². The SMILES string of the molecule is C[C@H](c1ccccc1)N(C)C(=O)CN1C(=O)N(C)C2(CCCCC2)C1=O. The molecule has 1 aliphatic carbocycles. The number of carbonyl (C=O) groups excluding carboxylic acids is 3. The zero-order valence-electron chi connectivity index (χ0n) is 15.8. The summed E-state index contributed by atoms with van der Waals surface area (Å²) in [5.74, 6) is -0.442. The fourth-order valence-electron chi connectivity index (χ4n) is 4.09. The van der Waals surface area contributed by atoms with Gasteiger partial charge in [0, 0.05) is 14.1 Å². The predicted octanol–water partition coefficient (Wildman–Crippen LogP) is 2.80. The summed E-state index contributed by atoms with van der Waals surface area (Å²) in [7, 11) is 3.40. The number of likely N-dealkylation sites (N-methyl/N-ethyl adjacent to an activating group) is 2. The monoisotopic (exact) mass is 357 g/mol. The summed E-state index contributed by atoms with van der Waals surface area (Å²) in [6, 6.07) is 9.23. The molecule has 3 rings (SSSR count). The van der Waals surface area contributed by atoms with Gasteiger partial charge in [-0.1, -0.05) is 49.6 Å². The number of carbonyl (C=O) groups is 3. The van der Waals surface area contributed by atoms with E-state index in [0.29, 0.717) is 12.8 Å². The Labute approximate surface area is 154 Å². The van der Waals surface area contributed by atoms with E-state index in [0.717, 1.165) is 29.7 Å². The average molecular weight is 357 g/mol. The van der Waals surface area contributed by atoms with Gasteiger partial charge >= 0.3 is 6.03 Å². The van der Waals surface area contributed by atoms with E-state index in [9.17, 15) is 14.4 Å². The Hall–Kier alpha value is -2.37. The van der Waals surface area contributed by atoms with Crippen LogP contribution in [0.2, 0.25) is 0 Å². The van der Waals surface area contributed by atoms with Crippen molar-refractivity contribution in [3.05, 3.63) is 35.9 Å². The number of benzene rings is 1. The zero-order valence-corrected chi connectivity index (χ0v) is 15.8. The van der Waals surface area contributed by atoms with E-state index in [-0.39, 0.29) is 30.4 Å². The van der Waals surface area contributed by atoms with Gasteiger partial charge in [-0.05, 0) is 25.3 Å². The van der Waals surface area contributed by atoms with Crippen LogP contribution in [0.15, 0.2) is 30.3 Å². The fraction of sp³-hybridized carbons (Fsp3) is 0.550. The molecule has 0 N–H and O–H groups in total. The second-order valence-electron chi connectivity index (χ2n) is 7.42. The van der Waals surface area contributed by atoms with Crippen LogP contribution in [0.25, 0.3) is 0 Å². The van der Waals surface area contributed by atoms with Crippen LogP contribution in [0, 0.1) is 0 Å². The lowest BCUT2D eigenvalue weighted by Gasteiger charge is -2.35. The van der Waals surface area contributed by atoms with Crippen molar-refractivity contribution in [2.45, 2.75) is 50.6 Å². The lowest BCUT2D eigenvalue weighted by atomic mass is 9.81. The molecule has 1 saturated heterocycles. The van der Waals surface area contributed by atoms with E-state index < -0.39 is 5.54 Å². The Morgan fingerprint density at radius 1 is 1.15 bits per heavy atom. The van der Waals surface area contributed by atoms with Gasteiger partial charge in [-0.2, -0.15) is 0 Å².